The van der Waals surface area contributed by atoms with Crippen molar-refractivity contribution in [1.82, 2.24) is 4.98 Å². The third-order valence-electron chi connectivity index (χ3n) is 4.13. The number of benzene rings is 3. The quantitative estimate of drug-likeness (QED) is 0.418. The van der Waals surface area contributed by atoms with E-state index in [-0.39, 0.29) is 0 Å². The van der Waals surface area contributed by atoms with E-state index in [1.54, 1.807) is 0 Å². The first-order chi connectivity index (χ1) is 11.9. The van der Waals surface area contributed by atoms with E-state index in [9.17, 15) is 0 Å². The first kappa shape index (κ1) is 14.4. The maximum absolute atomic E-state index is 4.47. The van der Waals surface area contributed by atoms with Crippen LogP contribution in [0.3, 0.4) is 0 Å². The molecule has 1 heterocycles. The van der Waals surface area contributed by atoms with Gasteiger partial charge in [-0.2, -0.15) is 0 Å². The van der Waals surface area contributed by atoms with Gasteiger partial charge >= 0.3 is 0 Å². The van der Waals surface area contributed by atoms with Crippen LogP contribution < -0.4 is 0 Å². The zero-order valence-corrected chi connectivity index (χ0v) is 13.3. The van der Waals surface area contributed by atoms with Crippen molar-refractivity contribution in [2.45, 2.75) is 0 Å². The minimum atomic E-state index is 0.997. The number of rotatable bonds is 3. The van der Waals surface area contributed by atoms with Gasteiger partial charge in [-0.15, -0.1) is 0 Å². The number of fused-ring (bicyclic) bond motifs is 1. The lowest BCUT2D eigenvalue weighted by molar-refractivity contribution is 1.32. The third-order valence-corrected chi connectivity index (χ3v) is 4.13. The highest BCUT2D eigenvalue weighted by atomic mass is 14.7. The van der Waals surface area contributed by atoms with E-state index in [0.29, 0.717) is 0 Å². The summed E-state index contributed by atoms with van der Waals surface area (Å²) in [5.41, 5.74) is 4.51. The molecule has 1 aromatic heterocycles. The fourth-order valence-electron chi connectivity index (χ4n) is 2.90. The van der Waals surface area contributed by atoms with Crippen LogP contribution in [0.5, 0.6) is 0 Å². The lowest BCUT2D eigenvalue weighted by atomic mass is 10.0. The summed E-state index contributed by atoms with van der Waals surface area (Å²) in [5.74, 6) is 0. The Labute approximate surface area is 141 Å². The van der Waals surface area contributed by atoms with Crippen molar-refractivity contribution in [2.75, 3.05) is 0 Å². The molecule has 0 saturated carbocycles. The fourth-order valence-corrected chi connectivity index (χ4v) is 2.90. The molecule has 24 heavy (non-hydrogen) atoms. The Balaban J connectivity index is 1.71. The van der Waals surface area contributed by atoms with Crippen LogP contribution in [0.25, 0.3) is 34.2 Å². The molecule has 0 radical (unpaired) electrons. The molecule has 0 aliphatic rings. The van der Waals surface area contributed by atoms with Gasteiger partial charge in [0.25, 0.3) is 0 Å². The van der Waals surface area contributed by atoms with E-state index < -0.39 is 0 Å². The van der Waals surface area contributed by atoms with Crippen LogP contribution in [0.15, 0.2) is 91.1 Å². The minimum Gasteiger partial charge on any atom is -0.256 e. The summed E-state index contributed by atoms with van der Waals surface area (Å²) < 4.78 is 0. The van der Waals surface area contributed by atoms with Gasteiger partial charge in [0, 0.05) is 11.8 Å². The fraction of sp³-hybridized carbons (Fsp3) is 0. The SMILES string of the molecule is C(=C\c1ccccc1-c1ccccn1)/c1ccc2ccccc2c1. The summed E-state index contributed by atoms with van der Waals surface area (Å²) in [6.07, 6.45) is 6.15. The normalized spacial score (nSPS) is 11.2. The largest absolute Gasteiger partial charge is 0.256 e. The van der Waals surface area contributed by atoms with Gasteiger partial charge in [0.2, 0.25) is 0 Å². The van der Waals surface area contributed by atoms with Crippen LogP contribution in [0, 0.1) is 0 Å². The molecule has 1 heteroatoms. The summed E-state index contributed by atoms with van der Waals surface area (Å²) >= 11 is 0. The van der Waals surface area contributed by atoms with Gasteiger partial charge in [-0.25, -0.2) is 0 Å². The zero-order valence-electron chi connectivity index (χ0n) is 13.3. The molecule has 4 aromatic rings. The first-order valence-electron chi connectivity index (χ1n) is 8.07. The van der Waals surface area contributed by atoms with Crippen LogP contribution in [-0.4, -0.2) is 4.98 Å². The van der Waals surface area contributed by atoms with Crippen LogP contribution in [-0.2, 0) is 0 Å². The van der Waals surface area contributed by atoms with Crippen molar-refractivity contribution < 1.29 is 0 Å². The zero-order chi connectivity index (χ0) is 16.2. The summed E-state index contributed by atoms with van der Waals surface area (Å²) in [7, 11) is 0. The average molecular weight is 307 g/mol. The van der Waals surface area contributed by atoms with Crippen LogP contribution >= 0.6 is 0 Å². The Morgan fingerprint density at radius 1 is 0.625 bits per heavy atom. The molecular weight excluding hydrogens is 290 g/mol. The van der Waals surface area contributed by atoms with Gasteiger partial charge in [0.15, 0.2) is 0 Å². The lowest BCUT2D eigenvalue weighted by Crippen LogP contribution is -1.85. The van der Waals surface area contributed by atoms with Gasteiger partial charge in [-0.3, -0.25) is 4.98 Å². The molecule has 114 valence electrons. The topological polar surface area (TPSA) is 12.9 Å². The molecule has 0 bridgehead atoms. The molecule has 0 atom stereocenters. The van der Waals surface area contributed by atoms with Crippen LogP contribution in [0.4, 0.5) is 0 Å². The van der Waals surface area contributed by atoms with Crippen molar-refractivity contribution in [2.24, 2.45) is 0 Å². The third kappa shape index (κ3) is 2.97. The monoisotopic (exact) mass is 307 g/mol. The van der Waals surface area contributed by atoms with E-state index >= 15 is 0 Å². The van der Waals surface area contributed by atoms with Crippen molar-refractivity contribution in [3.05, 3.63) is 102 Å². The highest BCUT2D eigenvalue weighted by molar-refractivity contribution is 5.87. The van der Waals surface area contributed by atoms with E-state index in [4.69, 9.17) is 0 Å². The molecule has 0 aliphatic heterocycles. The second-order valence-corrected chi connectivity index (χ2v) is 5.74. The molecular formula is C23H17N. The van der Waals surface area contributed by atoms with Crippen molar-refractivity contribution in [3.8, 4) is 11.3 Å². The van der Waals surface area contributed by atoms with Gasteiger partial charge < -0.3 is 0 Å². The number of hydrogen-bond donors (Lipinski definition) is 0. The predicted molar refractivity (Wildman–Crippen MR) is 103 cm³/mol. The van der Waals surface area contributed by atoms with E-state index in [2.05, 4.69) is 83.9 Å². The molecule has 0 saturated heterocycles. The minimum absolute atomic E-state index is 0.997. The molecule has 0 spiro atoms. The summed E-state index contributed by atoms with van der Waals surface area (Å²) in [6.45, 7) is 0. The molecule has 0 fully saturated rings. The molecule has 3 aromatic carbocycles. The van der Waals surface area contributed by atoms with Crippen LogP contribution in [0.1, 0.15) is 11.1 Å². The Kier molecular flexibility index (Phi) is 3.91. The average Bonchev–Trinajstić information content (AvgIpc) is 2.67. The van der Waals surface area contributed by atoms with Gasteiger partial charge in [-0.05, 0) is 40.1 Å². The smallest absolute Gasteiger partial charge is 0.0707 e. The van der Waals surface area contributed by atoms with E-state index in [1.807, 2.05) is 24.4 Å². The Bertz CT molecular complexity index is 1000. The van der Waals surface area contributed by atoms with E-state index in [0.717, 1.165) is 11.3 Å². The number of aromatic nitrogens is 1. The maximum atomic E-state index is 4.47. The summed E-state index contributed by atoms with van der Waals surface area (Å²) in [4.78, 5) is 4.47. The van der Waals surface area contributed by atoms with Crippen LogP contribution in [0.2, 0.25) is 0 Å². The number of pyridine rings is 1. The molecule has 0 aliphatic carbocycles. The molecule has 0 unspecified atom stereocenters. The molecule has 4 rings (SSSR count). The summed E-state index contributed by atoms with van der Waals surface area (Å²) in [5, 5.41) is 2.53. The second-order valence-electron chi connectivity index (χ2n) is 5.74. The van der Waals surface area contributed by atoms with Crippen molar-refractivity contribution >= 4 is 22.9 Å². The Morgan fingerprint density at radius 3 is 2.29 bits per heavy atom. The maximum Gasteiger partial charge on any atom is 0.0707 e. The molecule has 1 nitrogen and oxygen atoms in total. The number of nitrogens with zero attached hydrogens (tertiary/aromatic N) is 1. The second kappa shape index (κ2) is 6.51. The van der Waals surface area contributed by atoms with Crippen molar-refractivity contribution in [1.29, 1.82) is 0 Å². The number of hydrogen-bond acceptors (Lipinski definition) is 1. The Hall–Kier alpha value is -3.19. The van der Waals surface area contributed by atoms with Gasteiger partial charge in [-0.1, -0.05) is 78.9 Å². The highest BCUT2D eigenvalue weighted by Crippen LogP contribution is 2.24. The lowest BCUT2D eigenvalue weighted by Gasteiger charge is -2.05. The van der Waals surface area contributed by atoms with Crippen molar-refractivity contribution in [3.63, 3.8) is 0 Å². The Morgan fingerprint density at radius 2 is 1.42 bits per heavy atom. The molecule has 0 N–H and O–H groups in total. The highest BCUT2D eigenvalue weighted by Gasteiger charge is 2.02. The van der Waals surface area contributed by atoms with Gasteiger partial charge in [0.1, 0.15) is 0 Å². The first-order valence-corrected chi connectivity index (χ1v) is 8.07. The molecule has 0 amide bonds. The standard InChI is InChI=1S/C23H17N/c1-2-9-21-17-18(12-14-19(21)7-1)13-15-20-8-3-4-10-22(20)23-11-5-6-16-24-23/h1-17H/b15-13+. The summed E-state index contributed by atoms with van der Waals surface area (Å²) in [6, 6.07) is 29.3. The van der Waals surface area contributed by atoms with Gasteiger partial charge in [0.05, 0.1) is 5.69 Å². The van der Waals surface area contributed by atoms with E-state index in [1.165, 1.54) is 21.9 Å². The predicted octanol–water partition coefficient (Wildman–Crippen LogP) is 6.07.